The first-order chi connectivity index (χ1) is 8.82. The third-order valence-electron chi connectivity index (χ3n) is 3.57. The molecule has 2 rings (SSSR count). The molecule has 19 heavy (non-hydrogen) atoms. The SMILES string of the molecule is Cc1cc(F)cc(C(=O)N2CC[C@@](C)(C(=O)O)C2)c1. The topological polar surface area (TPSA) is 57.6 Å². The van der Waals surface area contributed by atoms with E-state index in [-0.39, 0.29) is 18.0 Å². The van der Waals surface area contributed by atoms with Crippen LogP contribution in [0, 0.1) is 18.2 Å². The molecule has 0 bridgehead atoms. The minimum atomic E-state index is -0.905. The summed E-state index contributed by atoms with van der Waals surface area (Å²) >= 11 is 0. The molecule has 1 saturated heterocycles. The van der Waals surface area contributed by atoms with Crippen molar-refractivity contribution < 1.29 is 19.1 Å². The molecule has 1 aliphatic heterocycles. The molecule has 5 heteroatoms. The van der Waals surface area contributed by atoms with Gasteiger partial charge >= 0.3 is 5.97 Å². The summed E-state index contributed by atoms with van der Waals surface area (Å²) in [5.74, 6) is -1.67. The first kappa shape index (κ1) is 13.5. The van der Waals surface area contributed by atoms with Gasteiger partial charge in [0.05, 0.1) is 5.41 Å². The number of benzene rings is 1. The van der Waals surface area contributed by atoms with E-state index in [0.717, 1.165) is 0 Å². The van der Waals surface area contributed by atoms with E-state index in [1.807, 2.05) is 0 Å². The first-order valence-electron chi connectivity index (χ1n) is 6.12. The quantitative estimate of drug-likeness (QED) is 0.890. The number of aryl methyl sites for hydroxylation is 1. The van der Waals surface area contributed by atoms with Gasteiger partial charge in [0.1, 0.15) is 5.82 Å². The summed E-state index contributed by atoms with van der Waals surface area (Å²) in [5, 5.41) is 9.13. The Kier molecular flexibility index (Phi) is 3.30. The van der Waals surface area contributed by atoms with E-state index in [1.165, 1.54) is 17.0 Å². The van der Waals surface area contributed by atoms with E-state index >= 15 is 0 Å². The predicted octanol–water partition coefficient (Wildman–Crippen LogP) is 2.07. The summed E-state index contributed by atoms with van der Waals surface area (Å²) in [7, 11) is 0. The number of halogens is 1. The second kappa shape index (κ2) is 4.64. The number of carboxylic acids is 1. The van der Waals surface area contributed by atoms with Crippen molar-refractivity contribution >= 4 is 11.9 Å². The molecule has 1 aromatic rings. The molecule has 1 atom stereocenters. The summed E-state index contributed by atoms with van der Waals surface area (Å²) in [6.45, 7) is 3.89. The van der Waals surface area contributed by atoms with Crippen LogP contribution in [0.4, 0.5) is 4.39 Å². The van der Waals surface area contributed by atoms with Crippen molar-refractivity contribution in [3.63, 3.8) is 0 Å². The lowest BCUT2D eigenvalue weighted by atomic mass is 9.90. The Bertz CT molecular complexity index is 523. The van der Waals surface area contributed by atoms with Crippen molar-refractivity contribution in [2.45, 2.75) is 20.3 Å². The number of hydrogen-bond acceptors (Lipinski definition) is 2. The highest BCUT2D eigenvalue weighted by Gasteiger charge is 2.42. The van der Waals surface area contributed by atoms with E-state index in [9.17, 15) is 14.0 Å². The lowest BCUT2D eigenvalue weighted by Gasteiger charge is -2.20. The third-order valence-corrected chi connectivity index (χ3v) is 3.57. The van der Waals surface area contributed by atoms with Crippen LogP contribution in [0.3, 0.4) is 0 Å². The maximum Gasteiger partial charge on any atom is 0.311 e. The van der Waals surface area contributed by atoms with Crippen molar-refractivity contribution in [1.29, 1.82) is 0 Å². The average molecular weight is 265 g/mol. The Morgan fingerprint density at radius 2 is 2.05 bits per heavy atom. The number of hydrogen-bond donors (Lipinski definition) is 1. The molecule has 4 nitrogen and oxygen atoms in total. The fraction of sp³-hybridized carbons (Fsp3) is 0.429. The van der Waals surface area contributed by atoms with Crippen LogP contribution in [-0.2, 0) is 4.79 Å². The van der Waals surface area contributed by atoms with Crippen molar-refractivity contribution in [3.05, 3.63) is 35.1 Å². The van der Waals surface area contributed by atoms with Gasteiger partial charge in [0.25, 0.3) is 5.91 Å². The van der Waals surface area contributed by atoms with Crippen LogP contribution in [0.25, 0.3) is 0 Å². The molecule has 102 valence electrons. The van der Waals surface area contributed by atoms with Gasteiger partial charge in [0.2, 0.25) is 0 Å². The monoisotopic (exact) mass is 265 g/mol. The minimum absolute atomic E-state index is 0.163. The van der Waals surface area contributed by atoms with Crippen molar-refractivity contribution in [2.75, 3.05) is 13.1 Å². The lowest BCUT2D eigenvalue weighted by Crippen LogP contribution is -2.34. The molecule has 1 aliphatic rings. The van der Waals surface area contributed by atoms with Gasteiger partial charge < -0.3 is 10.0 Å². The van der Waals surface area contributed by atoms with Crippen molar-refractivity contribution in [2.24, 2.45) is 5.41 Å². The second-order valence-corrected chi connectivity index (χ2v) is 5.36. The Hall–Kier alpha value is -1.91. The van der Waals surface area contributed by atoms with Gasteiger partial charge in [-0.2, -0.15) is 0 Å². The van der Waals surface area contributed by atoms with Crippen molar-refractivity contribution in [3.8, 4) is 0 Å². The summed E-state index contributed by atoms with van der Waals surface area (Å²) in [4.78, 5) is 24.8. The van der Waals surface area contributed by atoms with E-state index in [2.05, 4.69) is 0 Å². The molecule has 1 heterocycles. The largest absolute Gasteiger partial charge is 0.481 e. The normalized spacial score (nSPS) is 22.6. The van der Waals surface area contributed by atoms with Gasteiger partial charge in [-0.15, -0.1) is 0 Å². The van der Waals surface area contributed by atoms with Crippen LogP contribution in [0.1, 0.15) is 29.3 Å². The fourth-order valence-electron chi connectivity index (χ4n) is 2.35. The number of rotatable bonds is 2. The van der Waals surface area contributed by atoms with Gasteiger partial charge in [-0.1, -0.05) is 0 Å². The molecular weight excluding hydrogens is 249 g/mol. The molecule has 0 aliphatic carbocycles. The van der Waals surface area contributed by atoms with Crippen molar-refractivity contribution in [1.82, 2.24) is 4.90 Å². The molecule has 0 unspecified atom stereocenters. The third kappa shape index (κ3) is 2.59. The first-order valence-corrected chi connectivity index (χ1v) is 6.12. The number of amides is 1. The standard InChI is InChI=1S/C14H16FNO3/c1-9-5-10(7-11(15)6-9)12(17)16-4-3-14(2,8-16)13(18)19/h5-7H,3-4,8H2,1-2H3,(H,18,19)/t14-/m1/s1. The van der Waals surface area contributed by atoms with Crippen LogP contribution in [0.5, 0.6) is 0 Å². The second-order valence-electron chi connectivity index (χ2n) is 5.36. The van der Waals surface area contributed by atoms with Crippen LogP contribution in [0.2, 0.25) is 0 Å². The van der Waals surface area contributed by atoms with Gasteiger partial charge in [-0.3, -0.25) is 9.59 Å². The number of likely N-dealkylation sites (tertiary alicyclic amines) is 1. The minimum Gasteiger partial charge on any atom is -0.481 e. The number of nitrogens with zero attached hydrogens (tertiary/aromatic N) is 1. The predicted molar refractivity (Wildman–Crippen MR) is 67.4 cm³/mol. The summed E-state index contributed by atoms with van der Waals surface area (Å²) < 4.78 is 13.3. The highest BCUT2D eigenvalue weighted by Crippen LogP contribution is 2.31. The zero-order chi connectivity index (χ0) is 14.2. The molecule has 0 saturated carbocycles. The van der Waals surface area contributed by atoms with Gasteiger partial charge in [0.15, 0.2) is 0 Å². The fourth-order valence-corrected chi connectivity index (χ4v) is 2.35. The Morgan fingerprint density at radius 1 is 1.37 bits per heavy atom. The van der Waals surface area contributed by atoms with Crippen LogP contribution in [-0.4, -0.2) is 35.0 Å². The lowest BCUT2D eigenvalue weighted by molar-refractivity contribution is -0.147. The van der Waals surface area contributed by atoms with Crippen LogP contribution < -0.4 is 0 Å². The van der Waals surface area contributed by atoms with Gasteiger partial charge in [-0.25, -0.2) is 4.39 Å². The van der Waals surface area contributed by atoms with Crippen LogP contribution in [0.15, 0.2) is 18.2 Å². The van der Waals surface area contributed by atoms with E-state index in [0.29, 0.717) is 18.5 Å². The number of carboxylic acid groups (broad SMARTS) is 1. The number of carbonyl (C=O) groups excluding carboxylic acids is 1. The van der Waals surface area contributed by atoms with Gasteiger partial charge in [-0.05, 0) is 44.0 Å². The highest BCUT2D eigenvalue weighted by molar-refractivity contribution is 5.95. The molecule has 0 radical (unpaired) electrons. The smallest absolute Gasteiger partial charge is 0.311 e. The molecule has 0 aromatic heterocycles. The summed E-state index contributed by atoms with van der Waals surface area (Å²) in [6, 6.07) is 4.15. The van der Waals surface area contributed by atoms with E-state index < -0.39 is 17.2 Å². The maximum absolute atomic E-state index is 13.3. The molecule has 1 fully saturated rings. The van der Waals surface area contributed by atoms with Crippen LogP contribution >= 0.6 is 0 Å². The van der Waals surface area contributed by atoms with E-state index in [1.54, 1.807) is 19.9 Å². The molecule has 0 spiro atoms. The molecular formula is C14H16FNO3. The zero-order valence-corrected chi connectivity index (χ0v) is 10.9. The Balaban J connectivity index is 2.20. The zero-order valence-electron chi connectivity index (χ0n) is 10.9. The number of aliphatic carboxylic acids is 1. The Morgan fingerprint density at radius 3 is 2.58 bits per heavy atom. The van der Waals surface area contributed by atoms with Gasteiger partial charge in [0, 0.05) is 18.7 Å². The van der Waals surface area contributed by atoms with E-state index in [4.69, 9.17) is 5.11 Å². The number of carbonyl (C=O) groups is 2. The summed E-state index contributed by atoms with van der Waals surface area (Å²) in [6.07, 6.45) is 0.419. The molecule has 1 N–H and O–H groups in total. The Labute approximate surface area is 110 Å². The summed E-state index contributed by atoms with van der Waals surface area (Å²) in [5.41, 5.74) is 0.0357. The highest BCUT2D eigenvalue weighted by atomic mass is 19.1. The molecule has 1 aromatic carbocycles. The molecule has 1 amide bonds. The maximum atomic E-state index is 13.3. The average Bonchev–Trinajstić information content (AvgIpc) is 2.71.